The van der Waals surface area contributed by atoms with E-state index in [1.54, 1.807) is 31.6 Å². The molecule has 0 spiro atoms. The summed E-state index contributed by atoms with van der Waals surface area (Å²) in [6, 6.07) is 7.44. The van der Waals surface area contributed by atoms with Crippen LogP contribution in [0.2, 0.25) is 0 Å². The summed E-state index contributed by atoms with van der Waals surface area (Å²) >= 11 is 3.22. The third kappa shape index (κ3) is 8.17. The first-order chi connectivity index (χ1) is 18.1. The molecule has 200 valence electrons. The van der Waals surface area contributed by atoms with Crippen LogP contribution in [-0.4, -0.2) is 68.8 Å². The molecule has 0 bridgehead atoms. The molecule has 1 saturated carbocycles. The number of hydrogen-bond donors (Lipinski definition) is 2. The SMILES string of the molecule is COCCOCCOCCOc1cc(-c2nc(CSc3nc(N)cc(N)n3)c(C3CC3)s2)ccc1OC. The van der Waals surface area contributed by atoms with Gasteiger partial charge < -0.3 is 35.2 Å². The van der Waals surface area contributed by atoms with E-state index in [4.69, 9.17) is 40.1 Å². The number of rotatable bonds is 16. The van der Waals surface area contributed by atoms with Gasteiger partial charge in [0.25, 0.3) is 0 Å². The number of hydrogen-bond acceptors (Lipinski definition) is 12. The van der Waals surface area contributed by atoms with E-state index < -0.39 is 0 Å². The highest BCUT2D eigenvalue weighted by atomic mass is 32.2. The van der Waals surface area contributed by atoms with Crippen molar-refractivity contribution in [2.24, 2.45) is 0 Å². The minimum atomic E-state index is 0.364. The summed E-state index contributed by atoms with van der Waals surface area (Å²) in [4.78, 5) is 14.8. The molecule has 12 heteroatoms. The van der Waals surface area contributed by atoms with E-state index in [1.165, 1.54) is 29.5 Å². The standard InChI is InChI=1S/C25H33N5O5S2/c1-31-7-8-33-9-10-34-11-12-35-20-13-17(5-6-19(20)32-2)24-28-18(23(37-24)16-3-4-16)15-36-25-29-21(26)14-22(27)30-25/h5-6,13-14,16H,3-4,7-12,15H2,1-2H3,(H4,26,27,29,30). The summed E-state index contributed by atoms with van der Waals surface area (Å²) in [7, 11) is 3.28. The van der Waals surface area contributed by atoms with Crippen molar-refractivity contribution < 1.29 is 23.7 Å². The second kappa shape index (κ2) is 13.8. The number of thiazole rings is 1. The van der Waals surface area contributed by atoms with Gasteiger partial charge in [-0.1, -0.05) is 11.8 Å². The van der Waals surface area contributed by atoms with E-state index in [2.05, 4.69) is 9.97 Å². The molecule has 2 aromatic heterocycles. The normalized spacial score (nSPS) is 13.1. The molecule has 3 aromatic rings. The first kappa shape index (κ1) is 27.4. The van der Waals surface area contributed by atoms with E-state index in [9.17, 15) is 0 Å². The third-order valence-electron chi connectivity index (χ3n) is 5.46. The molecule has 10 nitrogen and oxygen atoms in total. The number of nitrogens with two attached hydrogens (primary N) is 2. The van der Waals surface area contributed by atoms with Crippen LogP contribution in [0.15, 0.2) is 29.4 Å². The first-order valence-corrected chi connectivity index (χ1v) is 13.9. The second-order valence-corrected chi connectivity index (χ2v) is 10.3. The molecular formula is C25H33N5O5S2. The van der Waals surface area contributed by atoms with Crippen molar-refractivity contribution in [1.29, 1.82) is 0 Å². The molecule has 1 aliphatic carbocycles. The van der Waals surface area contributed by atoms with E-state index >= 15 is 0 Å². The molecule has 4 rings (SSSR count). The zero-order valence-corrected chi connectivity index (χ0v) is 22.7. The fourth-order valence-electron chi connectivity index (χ4n) is 3.51. The molecule has 0 atom stereocenters. The van der Waals surface area contributed by atoms with Gasteiger partial charge in [-0.25, -0.2) is 15.0 Å². The van der Waals surface area contributed by atoms with Crippen molar-refractivity contribution in [3.8, 4) is 22.1 Å². The summed E-state index contributed by atoms with van der Waals surface area (Å²) in [5.74, 6) is 3.27. The van der Waals surface area contributed by atoms with Crippen LogP contribution in [0.25, 0.3) is 10.6 Å². The Morgan fingerprint density at radius 2 is 1.59 bits per heavy atom. The molecule has 0 amide bonds. The lowest BCUT2D eigenvalue weighted by atomic mass is 10.2. The van der Waals surface area contributed by atoms with Crippen LogP contribution >= 0.6 is 23.1 Å². The molecule has 0 radical (unpaired) electrons. The van der Waals surface area contributed by atoms with Gasteiger partial charge in [-0.3, -0.25) is 0 Å². The summed E-state index contributed by atoms with van der Waals surface area (Å²) in [5.41, 5.74) is 13.7. The van der Waals surface area contributed by atoms with Gasteiger partial charge in [0, 0.05) is 29.4 Å². The topological polar surface area (TPSA) is 137 Å². The lowest BCUT2D eigenvalue weighted by molar-refractivity contribution is 0.0178. The Morgan fingerprint density at radius 1 is 0.892 bits per heavy atom. The number of aromatic nitrogens is 3. The Balaban J connectivity index is 1.38. The summed E-state index contributed by atoms with van der Waals surface area (Å²) in [6.07, 6.45) is 2.38. The van der Waals surface area contributed by atoms with E-state index in [0.29, 0.717) is 79.6 Å². The van der Waals surface area contributed by atoms with Crippen LogP contribution in [0.1, 0.15) is 29.3 Å². The maximum absolute atomic E-state index is 5.98. The summed E-state index contributed by atoms with van der Waals surface area (Å²) in [5, 5.41) is 1.50. The fraction of sp³-hybridized carbons (Fsp3) is 0.480. The van der Waals surface area contributed by atoms with Crippen molar-refractivity contribution in [3.05, 3.63) is 34.8 Å². The maximum atomic E-state index is 5.98. The average Bonchev–Trinajstić information content (AvgIpc) is 3.64. The number of ether oxygens (including phenoxy) is 5. The number of benzene rings is 1. The molecule has 1 fully saturated rings. The van der Waals surface area contributed by atoms with E-state index in [0.717, 1.165) is 16.3 Å². The van der Waals surface area contributed by atoms with Crippen molar-refractivity contribution in [2.45, 2.75) is 29.7 Å². The highest BCUT2D eigenvalue weighted by molar-refractivity contribution is 7.98. The van der Waals surface area contributed by atoms with Gasteiger partial charge in [0.15, 0.2) is 16.7 Å². The molecule has 0 unspecified atom stereocenters. The minimum Gasteiger partial charge on any atom is -0.493 e. The predicted octanol–water partition coefficient (Wildman–Crippen LogP) is 4.00. The van der Waals surface area contributed by atoms with Crippen LogP contribution in [0.4, 0.5) is 11.6 Å². The lowest BCUT2D eigenvalue weighted by Crippen LogP contribution is -2.12. The van der Waals surface area contributed by atoms with Gasteiger partial charge >= 0.3 is 0 Å². The van der Waals surface area contributed by atoms with Crippen molar-refractivity contribution >= 4 is 34.7 Å². The quantitative estimate of drug-likeness (QED) is 0.153. The molecule has 2 heterocycles. The van der Waals surface area contributed by atoms with Gasteiger partial charge in [0.2, 0.25) is 0 Å². The van der Waals surface area contributed by atoms with Crippen LogP contribution in [0.5, 0.6) is 11.5 Å². The fourth-order valence-corrected chi connectivity index (χ4v) is 5.68. The lowest BCUT2D eigenvalue weighted by Gasteiger charge is -2.12. The number of methoxy groups -OCH3 is 2. The number of anilines is 2. The third-order valence-corrected chi connectivity index (χ3v) is 7.63. The Morgan fingerprint density at radius 3 is 2.27 bits per heavy atom. The van der Waals surface area contributed by atoms with Gasteiger partial charge in [-0.05, 0) is 37.0 Å². The van der Waals surface area contributed by atoms with E-state index in [1.807, 2.05) is 18.2 Å². The summed E-state index contributed by atoms with van der Waals surface area (Å²) < 4.78 is 27.4. The molecule has 1 aromatic carbocycles. The minimum absolute atomic E-state index is 0.364. The molecule has 0 saturated heterocycles. The summed E-state index contributed by atoms with van der Waals surface area (Å²) in [6.45, 7) is 3.00. The van der Waals surface area contributed by atoms with E-state index in [-0.39, 0.29) is 0 Å². The Hall–Kier alpha value is -2.64. The molecule has 1 aliphatic rings. The Bertz CT molecular complexity index is 1140. The number of thioether (sulfide) groups is 1. The Labute approximate surface area is 225 Å². The first-order valence-electron chi connectivity index (χ1n) is 12.1. The highest BCUT2D eigenvalue weighted by Gasteiger charge is 2.30. The molecule has 4 N–H and O–H groups in total. The molecule has 37 heavy (non-hydrogen) atoms. The number of nitrogen functional groups attached to an aromatic ring is 2. The van der Waals surface area contributed by atoms with Gasteiger partial charge in [-0.15, -0.1) is 11.3 Å². The maximum Gasteiger partial charge on any atom is 0.191 e. The molecule has 0 aliphatic heterocycles. The monoisotopic (exact) mass is 547 g/mol. The van der Waals surface area contributed by atoms with Gasteiger partial charge in [0.05, 0.1) is 45.8 Å². The predicted molar refractivity (Wildman–Crippen MR) is 146 cm³/mol. The van der Waals surface area contributed by atoms with Crippen molar-refractivity contribution in [2.75, 3.05) is 65.3 Å². The van der Waals surface area contributed by atoms with Gasteiger partial charge in [0.1, 0.15) is 23.3 Å². The smallest absolute Gasteiger partial charge is 0.191 e. The average molecular weight is 548 g/mol. The van der Waals surface area contributed by atoms with Crippen LogP contribution in [0.3, 0.4) is 0 Å². The van der Waals surface area contributed by atoms with Gasteiger partial charge in [-0.2, -0.15) is 0 Å². The van der Waals surface area contributed by atoms with Crippen LogP contribution in [0, 0.1) is 0 Å². The van der Waals surface area contributed by atoms with Crippen molar-refractivity contribution in [1.82, 2.24) is 15.0 Å². The van der Waals surface area contributed by atoms with Crippen LogP contribution in [-0.2, 0) is 20.0 Å². The number of nitrogens with zero attached hydrogens (tertiary/aromatic N) is 3. The molecular weight excluding hydrogens is 514 g/mol. The van der Waals surface area contributed by atoms with Crippen LogP contribution < -0.4 is 20.9 Å². The largest absolute Gasteiger partial charge is 0.493 e. The highest BCUT2D eigenvalue weighted by Crippen LogP contribution is 2.47. The van der Waals surface area contributed by atoms with Crippen molar-refractivity contribution in [3.63, 3.8) is 0 Å². The zero-order chi connectivity index (χ0) is 26.0. The Kier molecular flexibility index (Phi) is 10.2. The second-order valence-electron chi connectivity index (χ2n) is 8.32. The zero-order valence-electron chi connectivity index (χ0n) is 21.1.